The fraction of sp³-hybridized carbons (Fsp3) is 0.500. The van der Waals surface area contributed by atoms with Crippen LogP contribution in [0.15, 0.2) is 22.7 Å². The van der Waals surface area contributed by atoms with E-state index in [2.05, 4.69) is 15.9 Å². The summed E-state index contributed by atoms with van der Waals surface area (Å²) in [7, 11) is 0. The van der Waals surface area contributed by atoms with Gasteiger partial charge < -0.3 is 14.7 Å². The van der Waals surface area contributed by atoms with Gasteiger partial charge in [-0.15, -0.1) is 0 Å². The Labute approximate surface area is 121 Å². The number of morpholine rings is 1. The highest BCUT2D eigenvalue weighted by Gasteiger charge is 2.29. The maximum atomic E-state index is 12.5. The number of aliphatic hydroxyl groups excluding tert-OH is 1. The van der Waals surface area contributed by atoms with E-state index < -0.39 is 0 Å². The first-order valence-electron chi connectivity index (χ1n) is 6.33. The van der Waals surface area contributed by atoms with Crippen molar-refractivity contribution < 1.29 is 14.6 Å². The van der Waals surface area contributed by atoms with Gasteiger partial charge in [-0.3, -0.25) is 4.79 Å². The van der Waals surface area contributed by atoms with E-state index >= 15 is 0 Å². The van der Waals surface area contributed by atoms with E-state index in [1.165, 1.54) is 0 Å². The maximum Gasteiger partial charge on any atom is 0.254 e. The van der Waals surface area contributed by atoms with Crippen LogP contribution in [0.3, 0.4) is 0 Å². The van der Waals surface area contributed by atoms with Crippen molar-refractivity contribution in [1.29, 1.82) is 0 Å². The summed E-state index contributed by atoms with van der Waals surface area (Å²) >= 11 is 3.39. The molecule has 19 heavy (non-hydrogen) atoms. The van der Waals surface area contributed by atoms with Crippen molar-refractivity contribution in [2.24, 2.45) is 0 Å². The molecule has 2 unspecified atom stereocenters. The molecule has 4 nitrogen and oxygen atoms in total. The van der Waals surface area contributed by atoms with E-state index in [1.54, 1.807) is 4.90 Å². The summed E-state index contributed by atoms with van der Waals surface area (Å²) in [5.41, 5.74) is 1.65. The number of amides is 1. The predicted molar refractivity (Wildman–Crippen MR) is 76.2 cm³/mol. The standard InChI is InChI=1S/C14H18BrNO3/c1-9-5-11(15)3-4-13(9)14(18)16-6-10(2)19-12(7-16)8-17/h3-5,10,12,17H,6-8H2,1-2H3. The molecule has 0 bridgehead atoms. The number of halogens is 1. The van der Waals surface area contributed by atoms with E-state index in [-0.39, 0.29) is 24.7 Å². The number of aliphatic hydroxyl groups is 1. The normalized spacial score (nSPS) is 23.5. The lowest BCUT2D eigenvalue weighted by Crippen LogP contribution is -2.50. The first-order chi connectivity index (χ1) is 9.01. The zero-order valence-electron chi connectivity index (χ0n) is 11.1. The number of rotatable bonds is 2. The molecule has 0 radical (unpaired) electrons. The SMILES string of the molecule is Cc1cc(Br)ccc1C(=O)N1CC(C)OC(CO)C1. The van der Waals surface area contributed by atoms with Crippen molar-refractivity contribution in [1.82, 2.24) is 4.90 Å². The van der Waals surface area contributed by atoms with Crippen LogP contribution in [0.5, 0.6) is 0 Å². The molecule has 1 aliphatic heterocycles. The van der Waals surface area contributed by atoms with Gasteiger partial charge in [0.05, 0.1) is 18.8 Å². The highest BCUT2D eigenvalue weighted by molar-refractivity contribution is 9.10. The van der Waals surface area contributed by atoms with Gasteiger partial charge in [-0.05, 0) is 37.6 Å². The Kier molecular flexibility index (Phi) is 4.60. The number of hydrogen-bond donors (Lipinski definition) is 1. The van der Waals surface area contributed by atoms with Crippen molar-refractivity contribution in [3.63, 3.8) is 0 Å². The van der Waals surface area contributed by atoms with Gasteiger partial charge >= 0.3 is 0 Å². The van der Waals surface area contributed by atoms with Gasteiger partial charge in [0.25, 0.3) is 5.91 Å². The first kappa shape index (κ1) is 14.5. The Morgan fingerprint density at radius 3 is 2.89 bits per heavy atom. The molecule has 2 atom stereocenters. The summed E-state index contributed by atoms with van der Waals surface area (Å²) in [6.45, 7) is 4.77. The maximum absolute atomic E-state index is 12.5. The molecule has 0 aliphatic carbocycles. The van der Waals surface area contributed by atoms with Crippen molar-refractivity contribution in [3.8, 4) is 0 Å². The summed E-state index contributed by atoms with van der Waals surface area (Å²) in [5, 5.41) is 9.20. The molecule has 1 fully saturated rings. The minimum Gasteiger partial charge on any atom is -0.394 e. The van der Waals surface area contributed by atoms with Crippen molar-refractivity contribution in [3.05, 3.63) is 33.8 Å². The fourth-order valence-electron chi connectivity index (χ4n) is 2.35. The minimum atomic E-state index is -0.288. The van der Waals surface area contributed by atoms with Gasteiger partial charge in [-0.2, -0.15) is 0 Å². The Bertz CT molecular complexity index is 478. The monoisotopic (exact) mass is 327 g/mol. The molecule has 1 aliphatic rings. The zero-order chi connectivity index (χ0) is 14.0. The summed E-state index contributed by atoms with van der Waals surface area (Å²) < 4.78 is 6.51. The smallest absolute Gasteiger partial charge is 0.254 e. The summed E-state index contributed by atoms with van der Waals surface area (Å²) in [6, 6.07) is 5.63. The molecule has 0 aromatic heterocycles. The third-order valence-electron chi connectivity index (χ3n) is 3.24. The molecule has 5 heteroatoms. The summed E-state index contributed by atoms with van der Waals surface area (Å²) in [4.78, 5) is 14.3. The third-order valence-corrected chi connectivity index (χ3v) is 3.73. The Morgan fingerprint density at radius 2 is 2.26 bits per heavy atom. The Balaban J connectivity index is 2.18. The number of ether oxygens (including phenoxy) is 1. The average Bonchev–Trinajstić information content (AvgIpc) is 2.37. The molecule has 1 saturated heterocycles. The van der Waals surface area contributed by atoms with Crippen LogP contribution in [0.4, 0.5) is 0 Å². The van der Waals surface area contributed by atoms with Gasteiger partial charge in [0.1, 0.15) is 0 Å². The molecule has 1 N–H and O–H groups in total. The summed E-state index contributed by atoms with van der Waals surface area (Å²) in [6.07, 6.45) is -0.339. The van der Waals surface area contributed by atoms with Gasteiger partial charge in [-0.25, -0.2) is 0 Å². The Hall–Kier alpha value is -0.910. The lowest BCUT2D eigenvalue weighted by Gasteiger charge is -2.36. The van der Waals surface area contributed by atoms with E-state index in [0.717, 1.165) is 10.0 Å². The van der Waals surface area contributed by atoms with E-state index in [9.17, 15) is 9.90 Å². The molecular formula is C14H18BrNO3. The molecule has 0 spiro atoms. The van der Waals surface area contributed by atoms with Crippen molar-refractivity contribution >= 4 is 21.8 Å². The van der Waals surface area contributed by atoms with E-state index in [0.29, 0.717) is 18.7 Å². The number of benzene rings is 1. The van der Waals surface area contributed by atoms with Crippen LogP contribution in [0.2, 0.25) is 0 Å². The van der Waals surface area contributed by atoms with E-state index in [4.69, 9.17) is 4.74 Å². The largest absolute Gasteiger partial charge is 0.394 e. The highest BCUT2D eigenvalue weighted by Crippen LogP contribution is 2.20. The second-order valence-corrected chi connectivity index (χ2v) is 5.84. The topological polar surface area (TPSA) is 49.8 Å². The average molecular weight is 328 g/mol. The number of carbonyl (C=O) groups excluding carboxylic acids is 1. The van der Waals surface area contributed by atoms with Gasteiger partial charge in [0, 0.05) is 23.1 Å². The van der Waals surface area contributed by atoms with Gasteiger partial charge in [0.15, 0.2) is 0 Å². The molecule has 1 amide bonds. The molecule has 0 saturated carbocycles. The quantitative estimate of drug-likeness (QED) is 0.903. The number of aryl methyl sites for hydroxylation is 1. The van der Waals surface area contributed by atoms with Crippen LogP contribution in [0.25, 0.3) is 0 Å². The second kappa shape index (κ2) is 6.03. The van der Waals surface area contributed by atoms with Crippen molar-refractivity contribution in [2.75, 3.05) is 19.7 Å². The second-order valence-electron chi connectivity index (χ2n) is 4.92. The molecule has 2 rings (SSSR count). The van der Waals surface area contributed by atoms with Crippen LogP contribution in [-0.4, -0.2) is 47.8 Å². The lowest BCUT2D eigenvalue weighted by molar-refractivity contribution is -0.0858. The number of carbonyl (C=O) groups is 1. The van der Waals surface area contributed by atoms with Crippen LogP contribution in [-0.2, 0) is 4.74 Å². The molecule has 104 valence electrons. The van der Waals surface area contributed by atoms with Crippen LogP contribution in [0, 0.1) is 6.92 Å². The Morgan fingerprint density at radius 1 is 1.53 bits per heavy atom. The first-order valence-corrected chi connectivity index (χ1v) is 7.12. The van der Waals surface area contributed by atoms with E-state index in [1.807, 2.05) is 32.0 Å². The van der Waals surface area contributed by atoms with Crippen molar-refractivity contribution in [2.45, 2.75) is 26.1 Å². The number of nitrogens with zero attached hydrogens (tertiary/aromatic N) is 1. The molecule has 1 aromatic carbocycles. The predicted octanol–water partition coefficient (Wildman–Crippen LogP) is 1.98. The fourth-order valence-corrected chi connectivity index (χ4v) is 2.82. The lowest BCUT2D eigenvalue weighted by atomic mass is 10.1. The highest BCUT2D eigenvalue weighted by atomic mass is 79.9. The van der Waals surface area contributed by atoms with Crippen LogP contribution in [0.1, 0.15) is 22.8 Å². The molecule has 1 aromatic rings. The van der Waals surface area contributed by atoms with Crippen LogP contribution >= 0.6 is 15.9 Å². The molecule has 1 heterocycles. The minimum absolute atomic E-state index is 0.00130. The summed E-state index contributed by atoms with van der Waals surface area (Å²) in [5.74, 6) is -0.00130. The van der Waals surface area contributed by atoms with Gasteiger partial charge in [-0.1, -0.05) is 15.9 Å². The third kappa shape index (κ3) is 3.35. The number of hydrogen-bond acceptors (Lipinski definition) is 3. The van der Waals surface area contributed by atoms with Crippen LogP contribution < -0.4 is 0 Å². The van der Waals surface area contributed by atoms with Gasteiger partial charge in [0.2, 0.25) is 0 Å². The zero-order valence-corrected chi connectivity index (χ0v) is 12.7. The molecular weight excluding hydrogens is 310 g/mol.